The lowest BCUT2D eigenvalue weighted by molar-refractivity contribution is -0.172. The molecular formula is C28H30BrN5O6. The molecule has 12 heteroatoms. The van der Waals surface area contributed by atoms with Crippen LogP contribution in [0.15, 0.2) is 53.5 Å². The minimum absolute atomic E-state index is 0.0145. The first-order chi connectivity index (χ1) is 19.1. The smallest absolute Gasteiger partial charge is 0.308 e. The number of fused-ring (bicyclic) bond motifs is 2. The van der Waals surface area contributed by atoms with Gasteiger partial charge in [-0.1, -0.05) is 27.7 Å². The third kappa shape index (κ3) is 5.59. The van der Waals surface area contributed by atoms with Crippen LogP contribution in [0.2, 0.25) is 0 Å². The Balaban J connectivity index is 1.49. The van der Waals surface area contributed by atoms with E-state index in [-0.39, 0.29) is 6.61 Å². The summed E-state index contributed by atoms with van der Waals surface area (Å²) < 4.78 is 27.0. The standard InChI is InChI=1S/C28H30BrN5O6/c1-14(2)27(35)39-22-21(12-37-18-6-5-16-9-17(29)11-31-20(16)10-18)38-26(23(22)40-28(36)15(3)4)34-8-7-19-24(30)32-13-33-25(19)34/h5-11,13-15,21-23,26H,12H2,1-4H3,(H2,30,32,33)/t21-,22-,23-,26-/m1/s1. The molecule has 0 radical (unpaired) electrons. The number of nitrogen functional groups attached to an aromatic ring is 1. The quantitative estimate of drug-likeness (QED) is 0.284. The largest absolute Gasteiger partial charge is 0.491 e. The van der Waals surface area contributed by atoms with Crippen molar-refractivity contribution >= 4 is 55.6 Å². The highest BCUT2D eigenvalue weighted by molar-refractivity contribution is 9.10. The zero-order chi connectivity index (χ0) is 28.6. The van der Waals surface area contributed by atoms with Crippen molar-refractivity contribution in [1.29, 1.82) is 0 Å². The molecule has 5 rings (SSSR count). The van der Waals surface area contributed by atoms with Gasteiger partial charge in [0, 0.05) is 28.3 Å². The van der Waals surface area contributed by atoms with Gasteiger partial charge < -0.3 is 29.2 Å². The summed E-state index contributed by atoms with van der Waals surface area (Å²) in [6.07, 6.45) is 1.22. The van der Waals surface area contributed by atoms with Crippen molar-refractivity contribution in [3.63, 3.8) is 0 Å². The second-order valence-corrected chi connectivity index (χ2v) is 11.1. The van der Waals surface area contributed by atoms with E-state index in [0.717, 1.165) is 15.4 Å². The molecule has 1 saturated heterocycles. The second-order valence-electron chi connectivity index (χ2n) is 10.2. The number of esters is 2. The average molecular weight is 612 g/mol. The van der Waals surface area contributed by atoms with Gasteiger partial charge in [0.25, 0.3) is 0 Å². The lowest BCUT2D eigenvalue weighted by Gasteiger charge is -2.26. The summed E-state index contributed by atoms with van der Waals surface area (Å²) in [7, 11) is 0. The lowest BCUT2D eigenvalue weighted by atomic mass is 10.1. The molecule has 1 aliphatic heterocycles. The molecule has 11 nitrogen and oxygen atoms in total. The SMILES string of the molecule is CC(C)C(=O)O[C@@H]1[C@H](OC(=O)C(C)C)[C@@H](COc2ccc3cc(Br)cnc3c2)O[C@H]1n1ccc2c(N)ncnc21. The number of carbonyl (C=O) groups excluding carboxylic acids is 2. The van der Waals surface area contributed by atoms with Gasteiger partial charge in [-0.2, -0.15) is 0 Å². The van der Waals surface area contributed by atoms with E-state index in [0.29, 0.717) is 22.6 Å². The summed E-state index contributed by atoms with van der Waals surface area (Å²) in [6, 6.07) is 9.27. The molecule has 0 bridgehead atoms. The van der Waals surface area contributed by atoms with Crippen molar-refractivity contribution in [3.8, 4) is 5.75 Å². The fourth-order valence-corrected chi connectivity index (χ4v) is 4.76. The number of carbonyl (C=O) groups is 2. The van der Waals surface area contributed by atoms with E-state index in [9.17, 15) is 9.59 Å². The van der Waals surface area contributed by atoms with Crippen molar-refractivity contribution in [2.45, 2.75) is 52.2 Å². The fourth-order valence-electron chi connectivity index (χ4n) is 4.41. The van der Waals surface area contributed by atoms with E-state index in [1.54, 1.807) is 50.7 Å². The van der Waals surface area contributed by atoms with Gasteiger partial charge in [-0.25, -0.2) is 9.97 Å². The summed E-state index contributed by atoms with van der Waals surface area (Å²) in [5, 5.41) is 1.56. The van der Waals surface area contributed by atoms with Gasteiger partial charge in [-0.15, -0.1) is 0 Å². The van der Waals surface area contributed by atoms with E-state index >= 15 is 0 Å². The molecule has 4 heterocycles. The summed E-state index contributed by atoms with van der Waals surface area (Å²) in [5.74, 6) is -0.866. The number of rotatable bonds is 8. The Morgan fingerprint density at radius 2 is 1.75 bits per heavy atom. The molecule has 1 fully saturated rings. The van der Waals surface area contributed by atoms with Gasteiger partial charge in [-0.05, 0) is 40.2 Å². The minimum Gasteiger partial charge on any atom is -0.491 e. The minimum atomic E-state index is -0.978. The molecule has 210 valence electrons. The molecular weight excluding hydrogens is 582 g/mol. The van der Waals surface area contributed by atoms with Crippen LogP contribution in [0.1, 0.15) is 33.9 Å². The third-order valence-electron chi connectivity index (χ3n) is 6.58. The first-order valence-electron chi connectivity index (χ1n) is 12.9. The van der Waals surface area contributed by atoms with Crippen molar-refractivity contribution in [2.24, 2.45) is 11.8 Å². The van der Waals surface area contributed by atoms with Gasteiger partial charge in [0.1, 0.15) is 36.3 Å². The predicted molar refractivity (Wildman–Crippen MR) is 150 cm³/mol. The first kappa shape index (κ1) is 27.8. The van der Waals surface area contributed by atoms with E-state index in [2.05, 4.69) is 30.9 Å². The van der Waals surface area contributed by atoms with Crippen molar-refractivity contribution in [2.75, 3.05) is 12.3 Å². The van der Waals surface area contributed by atoms with Crippen LogP contribution in [0.5, 0.6) is 5.75 Å². The van der Waals surface area contributed by atoms with Crippen LogP contribution in [0, 0.1) is 11.8 Å². The van der Waals surface area contributed by atoms with Crippen LogP contribution in [0.4, 0.5) is 5.82 Å². The van der Waals surface area contributed by atoms with Crippen molar-refractivity contribution in [3.05, 3.63) is 53.5 Å². The van der Waals surface area contributed by atoms with Gasteiger partial charge in [0.15, 0.2) is 18.4 Å². The molecule has 4 atom stereocenters. The highest BCUT2D eigenvalue weighted by atomic mass is 79.9. The highest BCUT2D eigenvalue weighted by Gasteiger charge is 2.51. The molecule has 1 aromatic carbocycles. The summed E-state index contributed by atoms with van der Waals surface area (Å²) in [5.41, 5.74) is 7.30. The van der Waals surface area contributed by atoms with Crippen LogP contribution < -0.4 is 10.5 Å². The maximum Gasteiger partial charge on any atom is 0.308 e. The molecule has 4 aromatic rings. The number of pyridine rings is 1. The van der Waals surface area contributed by atoms with E-state index in [1.165, 1.54) is 6.33 Å². The highest BCUT2D eigenvalue weighted by Crippen LogP contribution is 2.37. The molecule has 1 aliphatic rings. The Bertz CT molecular complexity index is 1560. The first-order valence-corrected chi connectivity index (χ1v) is 13.7. The molecule has 0 saturated carbocycles. The van der Waals surface area contributed by atoms with Gasteiger partial charge in [-0.3, -0.25) is 14.6 Å². The Hall–Kier alpha value is -3.77. The number of anilines is 1. The predicted octanol–water partition coefficient (Wildman–Crippen LogP) is 4.44. The Morgan fingerprint density at radius 3 is 2.48 bits per heavy atom. The fraction of sp³-hybridized carbons (Fsp3) is 0.393. The summed E-state index contributed by atoms with van der Waals surface area (Å²) in [4.78, 5) is 38.4. The second kappa shape index (κ2) is 11.4. The van der Waals surface area contributed by atoms with Crippen molar-refractivity contribution < 1.29 is 28.5 Å². The number of hydrogen-bond acceptors (Lipinski definition) is 10. The molecule has 0 amide bonds. The van der Waals surface area contributed by atoms with Gasteiger partial charge in [0.05, 0.1) is 22.7 Å². The lowest BCUT2D eigenvalue weighted by Crippen LogP contribution is -2.42. The van der Waals surface area contributed by atoms with Crippen LogP contribution in [0.25, 0.3) is 21.9 Å². The molecule has 0 aliphatic carbocycles. The zero-order valence-electron chi connectivity index (χ0n) is 22.5. The van der Waals surface area contributed by atoms with Gasteiger partial charge >= 0.3 is 11.9 Å². The van der Waals surface area contributed by atoms with Gasteiger partial charge in [0.2, 0.25) is 0 Å². The number of nitrogens with two attached hydrogens (primary N) is 1. The number of ether oxygens (including phenoxy) is 4. The monoisotopic (exact) mass is 611 g/mol. The molecule has 0 unspecified atom stereocenters. The van der Waals surface area contributed by atoms with Crippen LogP contribution in [0.3, 0.4) is 0 Å². The summed E-state index contributed by atoms with van der Waals surface area (Å²) in [6.45, 7) is 6.94. The number of nitrogens with zero attached hydrogens (tertiary/aromatic N) is 4. The normalized spacial score (nSPS) is 20.9. The molecule has 3 aromatic heterocycles. The maximum absolute atomic E-state index is 12.8. The Morgan fingerprint density at radius 1 is 1.02 bits per heavy atom. The molecule has 2 N–H and O–H groups in total. The number of hydrogen-bond donors (Lipinski definition) is 1. The molecule has 40 heavy (non-hydrogen) atoms. The van der Waals surface area contributed by atoms with Crippen LogP contribution in [-0.2, 0) is 23.8 Å². The van der Waals surface area contributed by atoms with Crippen LogP contribution >= 0.6 is 15.9 Å². The number of halogens is 1. The summed E-state index contributed by atoms with van der Waals surface area (Å²) >= 11 is 3.43. The number of benzene rings is 1. The number of aromatic nitrogens is 4. The maximum atomic E-state index is 12.8. The zero-order valence-corrected chi connectivity index (χ0v) is 24.1. The topological polar surface area (TPSA) is 141 Å². The van der Waals surface area contributed by atoms with E-state index < -0.39 is 48.3 Å². The Kier molecular flexibility index (Phi) is 7.90. The average Bonchev–Trinajstić information content (AvgIpc) is 3.49. The molecule has 0 spiro atoms. The van der Waals surface area contributed by atoms with Crippen molar-refractivity contribution in [1.82, 2.24) is 19.5 Å². The Labute approximate surface area is 239 Å². The van der Waals surface area contributed by atoms with E-state index in [4.69, 9.17) is 24.7 Å². The van der Waals surface area contributed by atoms with Crippen LogP contribution in [-0.4, -0.2) is 56.4 Å². The third-order valence-corrected chi connectivity index (χ3v) is 7.02. The van der Waals surface area contributed by atoms with E-state index in [1.807, 2.05) is 24.3 Å².